The predicted molar refractivity (Wildman–Crippen MR) is 85.0 cm³/mol. The van der Waals surface area contributed by atoms with E-state index in [2.05, 4.69) is 30.4 Å². The van der Waals surface area contributed by atoms with E-state index in [1.165, 1.54) is 36.8 Å². The van der Waals surface area contributed by atoms with Gasteiger partial charge >= 0.3 is 0 Å². The van der Waals surface area contributed by atoms with Crippen LogP contribution in [0.1, 0.15) is 43.7 Å². The molecule has 0 heterocycles. The van der Waals surface area contributed by atoms with E-state index in [1.807, 2.05) is 0 Å². The number of nitrogens with one attached hydrogen (secondary N) is 1. The Hall–Kier alpha value is -1.06. The van der Waals surface area contributed by atoms with Gasteiger partial charge in [-0.25, -0.2) is 0 Å². The maximum absolute atomic E-state index is 6.17. The summed E-state index contributed by atoms with van der Waals surface area (Å²) in [7, 11) is 1.79. The van der Waals surface area contributed by atoms with Crippen molar-refractivity contribution < 1.29 is 9.47 Å². The number of methoxy groups -OCH3 is 1. The van der Waals surface area contributed by atoms with Gasteiger partial charge in [-0.15, -0.1) is 0 Å². The van der Waals surface area contributed by atoms with Gasteiger partial charge in [-0.05, 0) is 61.9 Å². The number of fused-ring (bicyclic) bond motifs is 1. The van der Waals surface area contributed by atoms with Crippen LogP contribution in [-0.4, -0.2) is 31.9 Å². The van der Waals surface area contributed by atoms with E-state index in [-0.39, 0.29) is 12.2 Å². The van der Waals surface area contributed by atoms with Gasteiger partial charge in [-0.2, -0.15) is 0 Å². The first kappa shape index (κ1) is 14.9. The van der Waals surface area contributed by atoms with Crippen LogP contribution in [0.3, 0.4) is 0 Å². The van der Waals surface area contributed by atoms with Crippen molar-refractivity contribution >= 4 is 0 Å². The summed E-state index contributed by atoms with van der Waals surface area (Å²) < 4.78 is 11.8. The van der Waals surface area contributed by atoms with Gasteiger partial charge in [-0.3, -0.25) is 0 Å². The average molecular weight is 289 g/mol. The number of ether oxygens (including phenoxy) is 2. The van der Waals surface area contributed by atoms with E-state index >= 15 is 0 Å². The number of rotatable bonds is 6. The highest BCUT2D eigenvalue weighted by atomic mass is 16.5. The molecule has 0 aromatic heterocycles. The molecule has 3 unspecified atom stereocenters. The number of aryl methyl sites for hydroxylation is 2. The van der Waals surface area contributed by atoms with Crippen LogP contribution in [0.25, 0.3) is 0 Å². The third kappa shape index (κ3) is 3.24. The number of benzene rings is 1. The fourth-order valence-electron chi connectivity index (χ4n) is 3.50. The van der Waals surface area contributed by atoms with Crippen LogP contribution >= 0.6 is 0 Å². The Kier molecular flexibility index (Phi) is 4.81. The molecule has 3 rings (SSSR count). The molecule has 2 aliphatic rings. The Morgan fingerprint density at radius 2 is 2.00 bits per heavy atom. The van der Waals surface area contributed by atoms with Gasteiger partial charge in [0.25, 0.3) is 0 Å². The van der Waals surface area contributed by atoms with Gasteiger partial charge in [0, 0.05) is 19.6 Å². The first-order valence-corrected chi connectivity index (χ1v) is 8.36. The zero-order valence-corrected chi connectivity index (χ0v) is 13.2. The highest BCUT2D eigenvalue weighted by Crippen LogP contribution is 2.31. The Labute approximate surface area is 128 Å². The van der Waals surface area contributed by atoms with E-state index in [1.54, 1.807) is 7.11 Å². The van der Waals surface area contributed by atoms with E-state index in [0.717, 1.165) is 25.1 Å². The Balaban J connectivity index is 1.59. The third-order valence-electron chi connectivity index (χ3n) is 4.79. The number of hydrogen-bond acceptors (Lipinski definition) is 3. The Morgan fingerprint density at radius 3 is 2.76 bits per heavy atom. The van der Waals surface area contributed by atoms with E-state index in [0.29, 0.717) is 6.04 Å². The zero-order chi connectivity index (χ0) is 14.7. The molecule has 1 saturated carbocycles. The van der Waals surface area contributed by atoms with E-state index < -0.39 is 0 Å². The third-order valence-corrected chi connectivity index (χ3v) is 4.79. The summed E-state index contributed by atoms with van der Waals surface area (Å²) in [5, 5.41) is 3.53. The van der Waals surface area contributed by atoms with Crippen molar-refractivity contribution in [2.45, 2.75) is 63.7 Å². The molecule has 116 valence electrons. The largest absolute Gasteiger partial charge is 0.488 e. The first-order valence-electron chi connectivity index (χ1n) is 8.36. The second-order valence-corrected chi connectivity index (χ2v) is 6.29. The van der Waals surface area contributed by atoms with E-state index in [4.69, 9.17) is 9.47 Å². The lowest BCUT2D eigenvalue weighted by atomic mass is 9.85. The molecular weight excluding hydrogens is 262 g/mol. The molecule has 0 saturated heterocycles. The molecule has 2 aliphatic carbocycles. The van der Waals surface area contributed by atoms with Crippen LogP contribution in [0.15, 0.2) is 18.2 Å². The van der Waals surface area contributed by atoms with Gasteiger partial charge in [0.2, 0.25) is 0 Å². The molecule has 0 bridgehead atoms. The summed E-state index contributed by atoms with van der Waals surface area (Å²) in [5.74, 6) is 1.01. The lowest BCUT2D eigenvalue weighted by Gasteiger charge is -2.43. The second-order valence-electron chi connectivity index (χ2n) is 6.29. The molecule has 1 N–H and O–H groups in total. The summed E-state index contributed by atoms with van der Waals surface area (Å²) >= 11 is 0. The fraction of sp³-hybridized carbons (Fsp3) is 0.667. The summed E-state index contributed by atoms with van der Waals surface area (Å²) in [5.41, 5.74) is 2.99. The van der Waals surface area contributed by atoms with Crippen LogP contribution in [0.2, 0.25) is 0 Å². The Bertz CT molecular complexity index is 474. The normalized spacial score (nSPS) is 27.8. The van der Waals surface area contributed by atoms with Crippen LogP contribution in [0, 0.1) is 0 Å². The maximum atomic E-state index is 6.17. The smallest absolute Gasteiger partial charge is 0.128 e. The monoisotopic (exact) mass is 289 g/mol. The van der Waals surface area contributed by atoms with Crippen molar-refractivity contribution in [3.05, 3.63) is 29.3 Å². The molecule has 0 amide bonds. The van der Waals surface area contributed by atoms with Crippen molar-refractivity contribution in [2.24, 2.45) is 0 Å². The van der Waals surface area contributed by atoms with Crippen LogP contribution in [-0.2, 0) is 17.6 Å². The minimum Gasteiger partial charge on any atom is -0.488 e. The van der Waals surface area contributed by atoms with Gasteiger partial charge in [0.1, 0.15) is 18.0 Å². The Morgan fingerprint density at radius 1 is 1.19 bits per heavy atom. The molecule has 3 nitrogen and oxygen atoms in total. The van der Waals surface area contributed by atoms with Gasteiger partial charge in [-0.1, -0.05) is 13.0 Å². The standard InChI is InChI=1S/C18H27NO2/c1-3-10-19-16-12-17(18(16)20-2)21-15-9-8-13-6-4-5-7-14(13)11-15/h8-9,11,16-19H,3-7,10,12H2,1-2H3. The van der Waals surface area contributed by atoms with E-state index in [9.17, 15) is 0 Å². The van der Waals surface area contributed by atoms with Gasteiger partial charge in [0.05, 0.1) is 0 Å². The highest BCUT2D eigenvalue weighted by molar-refractivity contribution is 5.37. The summed E-state index contributed by atoms with van der Waals surface area (Å²) in [4.78, 5) is 0. The molecule has 0 spiro atoms. The van der Waals surface area contributed by atoms with Crippen molar-refractivity contribution in [3.63, 3.8) is 0 Å². The zero-order valence-electron chi connectivity index (χ0n) is 13.2. The SMILES string of the molecule is CCCNC1CC(Oc2ccc3c(c2)CCCC3)C1OC. The molecule has 1 aromatic rings. The van der Waals surface area contributed by atoms with Crippen molar-refractivity contribution in [1.29, 1.82) is 0 Å². The van der Waals surface area contributed by atoms with Crippen LogP contribution in [0.4, 0.5) is 0 Å². The van der Waals surface area contributed by atoms with Gasteiger partial charge in [0.15, 0.2) is 0 Å². The summed E-state index contributed by atoms with van der Waals surface area (Å²) in [6.45, 7) is 3.24. The summed E-state index contributed by atoms with van der Waals surface area (Å²) in [6, 6.07) is 7.06. The maximum Gasteiger partial charge on any atom is 0.128 e. The first-order chi connectivity index (χ1) is 10.3. The lowest BCUT2D eigenvalue weighted by molar-refractivity contribution is -0.0887. The fourth-order valence-corrected chi connectivity index (χ4v) is 3.50. The molecular formula is C18H27NO2. The molecule has 21 heavy (non-hydrogen) atoms. The topological polar surface area (TPSA) is 30.5 Å². The molecule has 0 aliphatic heterocycles. The average Bonchev–Trinajstić information content (AvgIpc) is 2.50. The highest BCUT2D eigenvalue weighted by Gasteiger charge is 2.42. The summed E-state index contributed by atoms with van der Waals surface area (Å²) in [6.07, 6.45) is 7.61. The number of hydrogen-bond donors (Lipinski definition) is 1. The van der Waals surface area contributed by atoms with Crippen LogP contribution < -0.4 is 10.1 Å². The molecule has 1 fully saturated rings. The minimum atomic E-state index is 0.174. The minimum absolute atomic E-state index is 0.174. The molecule has 3 atom stereocenters. The molecule has 3 heteroatoms. The lowest BCUT2D eigenvalue weighted by Crippen LogP contribution is -2.61. The van der Waals surface area contributed by atoms with Crippen LogP contribution in [0.5, 0.6) is 5.75 Å². The molecule has 1 aromatic carbocycles. The predicted octanol–water partition coefficient (Wildman–Crippen LogP) is 3.10. The van der Waals surface area contributed by atoms with Crippen molar-refractivity contribution in [3.8, 4) is 5.75 Å². The van der Waals surface area contributed by atoms with Crippen molar-refractivity contribution in [1.82, 2.24) is 5.32 Å². The second kappa shape index (κ2) is 6.80. The molecule has 0 radical (unpaired) electrons. The van der Waals surface area contributed by atoms with Crippen molar-refractivity contribution in [2.75, 3.05) is 13.7 Å². The van der Waals surface area contributed by atoms with Gasteiger partial charge < -0.3 is 14.8 Å². The quantitative estimate of drug-likeness (QED) is 0.873.